The molecule has 1 atom stereocenters. The van der Waals surface area contributed by atoms with E-state index in [0.29, 0.717) is 17.2 Å². The van der Waals surface area contributed by atoms with Gasteiger partial charge in [0.2, 0.25) is 0 Å². The first-order chi connectivity index (χ1) is 10.8. The van der Waals surface area contributed by atoms with Crippen molar-refractivity contribution in [3.05, 3.63) is 47.6 Å². The molecule has 122 valence electrons. The van der Waals surface area contributed by atoms with Crippen LogP contribution in [0.5, 0.6) is 0 Å². The molecule has 8 heteroatoms. The van der Waals surface area contributed by atoms with Crippen molar-refractivity contribution >= 4 is 21.8 Å². The Morgan fingerprint density at radius 2 is 2.17 bits per heavy atom. The molecular formula is C15H17N3O4S. The van der Waals surface area contributed by atoms with E-state index in [1.165, 1.54) is 6.08 Å². The van der Waals surface area contributed by atoms with Gasteiger partial charge in [-0.2, -0.15) is 0 Å². The van der Waals surface area contributed by atoms with E-state index in [9.17, 15) is 13.2 Å². The SMILES string of the molecule is Cc1ccc([C@H](C)NC(=O)C2=CN3CCS(=O)(=O)N=C3C=C2)o1. The standard InChI is InChI=1S/C15H17N3O4S/c1-10-3-5-13(22-10)11(2)16-15(19)12-4-6-14-17-23(20,21)8-7-18(14)9-12/h3-6,9,11H,7-8H2,1-2H3,(H,16,19)/t11-/m0/s1. The summed E-state index contributed by atoms with van der Waals surface area (Å²) < 4.78 is 32.1. The molecular weight excluding hydrogens is 318 g/mol. The fourth-order valence-corrected chi connectivity index (χ4v) is 3.34. The van der Waals surface area contributed by atoms with Crippen LogP contribution in [0.25, 0.3) is 0 Å². The second-order valence-corrected chi connectivity index (χ2v) is 7.24. The van der Waals surface area contributed by atoms with Gasteiger partial charge in [-0.1, -0.05) is 0 Å². The summed E-state index contributed by atoms with van der Waals surface area (Å²) in [6.45, 7) is 3.97. The van der Waals surface area contributed by atoms with Crippen LogP contribution in [0.3, 0.4) is 0 Å². The molecule has 2 aliphatic rings. The van der Waals surface area contributed by atoms with Crippen molar-refractivity contribution in [2.24, 2.45) is 4.40 Å². The molecule has 23 heavy (non-hydrogen) atoms. The van der Waals surface area contributed by atoms with Crippen LogP contribution in [0.2, 0.25) is 0 Å². The molecule has 0 saturated heterocycles. The zero-order valence-corrected chi connectivity index (χ0v) is 13.6. The quantitative estimate of drug-likeness (QED) is 0.898. The van der Waals surface area contributed by atoms with Crippen LogP contribution in [0.4, 0.5) is 0 Å². The van der Waals surface area contributed by atoms with E-state index in [1.807, 2.05) is 26.0 Å². The van der Waals surface area contributed by atoms with Crippen LogP contribution >= 0.6 is 0 Å². The molecule has 3 rings (SSSR count). The summed E-state index contributed by atoms with van der Waals surface area (Å²) >= 11 is 0. The van der Waals surface area contributed by atoms with Gasteiger partial charge in [-0.25, -0.2) is 8.42 Å². The Hall–Kier alpha value is -2.35. The summed E-state index contributed by atoms with van der Waals surface area (Å²) in [4.78, 5) is 14.0. The number of amides is 1. The van der Waals surface area contributed by atoms with Gasteiger partial charge in [0, 0.05) is 12.7 Å². The molecule has 0 saturated carbocycles. The molecule has 0 unspecified atom stereocenters. The number of rotatable bonds is 3. The third kappa shape index (κ3) is 3.37. The van der Waals surface area contributed by atoms with Gasteiger partial charge in [0.15, 0.2) is 0 Å². The number of sulfonamides is 1. The number of amidine groups is 1. The zero-order chi connectivity index (χ0) is 16.6. The fraction of sp³-hybridized carbons (Fsp3) is 0.333. The maximum absolute atomic E-state index is 12.3. The fourth-order valence-electron chi connectivity index (χ4n) is 2.37. The minimum Gasteiger partial charge on any atom is -0.464 e. The predicted molar refractivity (Wildman–Crippen MR) is 85.2 cm³/mol. The Kier molecular flexibility index (Phi) is 3.85. The van der Waals surface area contributed by atoms with Gasteiger partial charge in [-0.15, -0.1) is 4.40 Å². The molecule has 7 nitrogen and oxygen atoms in total. The first kappa shape index (κ1) is 15.5. The van der Waals surface area contributed by atoms with E-state index in [-0.39, 0.29) is 24.2 Å². The predicted octanol–water partition coefficient (Wildman–Crippen LogP) is 1.26. The average molecular weight is 335 g/mol. The molecule has 0 fully saturated rings. The minimum absolute atomic E-state index is 0.0577. The zero-order valence-electron chi connectivity index (χ0n) is 12.8. The Balaban J connectivity index is 1.72. The third-order valence-corrected chi connectivity index (χ3v) is 4.79. The molecule has 3 heterocycles. The van der Waals surface area contributed by atoms with Gasteiger partial charge in [-0.3, -0.25) is 4.79 Å². The number of carbonyl (C=O) groups is 1. The lowest BCUT2D eigenvalue weighted by Crippen LogP contribution is -2.38. The first-order valence-electron chi connectivity index (χ1n) is 7.20. The van der Waals surface area contributed by atoms with Crippen molar-refractivity contribution in [2.75, 3.05) is 12.3 Å². The monoisotopic (exact) mass is 335 g/mol. The van der Waals surface area contributed by atoms with Crippen LogP contribution in [0.15, 0.2) is 44.9 Å². The number of carbonyl (C=O) groups excluding carboxylic acids is 1. The Labute approximate surface area is 134 Å². The molecule has 1 amide bonds. The average Bonchev–Trinajstić information content (AvgIpc) is 2.92. The van der Waals surface area contributed by atoms with Gasteiger partial charge in [0.25, 0.3) is 15.9 Å². The first-order valence-corrected chi connectivity index (χ1v) is 8.81. The molecule has 1 aromatic rings. The number of furan rings is 1. The molecule has 1 aromatic heterocycles. The highest BCUT2D eigenvalue weighted by Gasteiger charge is 2.25. The van der Waals surface area contributed by atoms with E-state index in [1.54, 1.807) is 17.2 Å². The van der Waals surface area contributed by atoms with Gasteiger partial charge >= 0.3 is 0 Å². The molecule has 0 radical (unpaired) electrons. The van der Waals surface area contributed by atoms with Crippen LogP contribution in [0.1, 0.15) is 24.5 Å². The van der Waals surface area contributed by atoms with Crippen molar-refractivity contribution in [1.29, 1.82) is 0 Å². The smallest absolute Gasteiger partial charge is 0.256 e. The van der Waals surface area contributed by atoms with Crippen LogP contribution in [0, 0.1) is 6.92 Å². The lowest BCUT2D eigenvalue weighted by atomic mass is 10.1. The molecule has 0 spiro atoms. The highest BCUT2D eigenvalue weighted by molar-refractivity contribution is 7.90. The normalized spacial score (nSPS) is 20.3. The summed E-state index contributed by atoms with van der Waals surface area (Å²) in [5, 5.41) is 2.85. The number of aryl methyl sites for hydroxylation is 1. The number of hydrogen-bond donors (Lipinski definition) is 1. The van der Waals surface area contributed by atoms with Gasteiger partial charge in [0.05, 0.1) is 17.4 Å². The lowest BCUT2D eigenvalue weighted by Gasteiger charge is -2.27. The Morgan fingerprint density at radius 3 is 2.87 bits per heavy atom. The Morgan fingerprint density at radius 1 is 1.39 bits per heavy atom. The lowest BCUT2D eigenvalue weighted by molar-refractivity contribution is -0.118. The van der Waals surface area contributed by atoms with E-state index in [2.05, 4.69) is 9.71 Å². The molecule has 0 bridgehead atoms. The van der Waals surface area contributed by atoms with Crippen molar-refractivity contribution in [3.63, 3.8) is 0 Å². The van der Waals surface area contributed by atoms with Gasteiger partial charge in [-0.05, 0) is 38.1 Å². The topological polar surface area (TPSA) is 92.0 Å². The van der Waals surface area contributed by atoms with E-state index >= 15 is 0 Å². The molecule has 0 aromatic carbocycles. The number of nitrogens with one attached hydrogen (secondary N) is 1. The van der Waals surface area contributed by atoms with Crippen molar-refractivity contribution in [3.8, 4) is 0 Å². The van der Waals surface area contributed by atoms with E-state index in [0.717, 1.165) is 5.76 Å². The molecule has 0 aliphatic carbocycles. The van der Waals surface area contributed by atoms with Crippen molar-refractivity contribution in [1.82, 2.24) is 10.2 Å². The van der Waals surface area contributed by atoms with Crippen LogP contribution < -0.4 is 5.32 Å². The Bertz CT molecular complexity index is 833. The second-order valence-electron chi connectivity index (χ2n) is 5.49. The highest BCUT2D eigenvalue weighted by atomic mass is 32.2. The summed E-state index contributed by atoms with van der Waals surface area (Å²) in [5.41, 5.74) is 0.443. The van der Waals surface area contributed by atoms with Gasteiger partial charge < -0.3 is 14.6 Å². The van der Waals surface area contributed by atoms with Crippen LogP contribution in [-0.4, -0.2) is 37.4 Å². The highest BCUT2D eigenvalue weighted by Crippen LogP contribution is 2.19. The second kappa shape index (κ2) is 5.69. The van der Waals surface area contributed by atoms with Gasteiger partial charge in [0.1, 0.15) is 17.4 Å². The summed E-state index contributed by atoms with van der Waals surface area (Å²) in [7, 11) is -3.39. The van der Waals surface area contributed by atoms with E-state index in [4.69, 9.17) is 4.42 Å². The summed E-state index contributed by atoms with van der Waals surface area (Å²) in [6, 6.07) is 3.41. The summed E-state index contributed by atoms with van der Waals surface area (Å²) in [5.74, 6) is 1.49. The third-order valence-electron chi connectivity index (χ3n) is 3.62. The van der Waals surface area contributed by atoms with Crippen LogP contribution in [-0.2, 0) is 14.8 Å². The minimum atomic E-state index is -3.39. The van der Waals surface area contributed by atoms with Crippen molar-refractivity contribution < 1.29 is 17.6 Å². The van der Waals surface area contributed by atoms with E-state index < -0.39 is 10.0 Å². The number of fused-ring (bicyclic) bond motifs is 1. The maximum atomic E-state index is 12.3. The molecule has 1 N–H and O–H groups in total. The largest absolute Gasteiger partial charge is 0.464 e. The van der Waals surface area contributed by atoms with Crippen molar-refractivity contribution in [2.45, 2.75) is 19.9 Å². The number of hydrogen-bond acceptors (Lipinski definition) is 5. The maximum Gasteiger partial charge on any atom is 0.256 e. The number of nitrogens with zero attached hydrogens (tertiary/aromatic N) is 2. The molecule has 2 aliphatic heterocycles. The summed E-state index contributed by atoms with van der Waals surface area (Å²) in [6.07, 6.45) is 4.71.